The SMILES string of the molecule is CC(=O)CC(=O)[O-].CC(=O)CC(=O)[O-].[Co+2]. The van der Waals surface area contributed by atoms with Crippen molar-refractivity contribution < 1.29 is 46.2 Å². The molecule has 0 bridgehead atoms. The first-order chi connectivity index (χ1) is 6.25. The predicted molar refractivity (Wildman–Crippen MR) is 40.6 cm³/mol. The Morgan fingerprint density at radius 3 is 1.00 bits per heavy atom. The molecule has 87 valence electrons. The molecule has 0 unspecified atom stereocenters. The maximum absolute atomic E-state index is 9.83. The van der Waals surface area contributed by atoms with Gasteiger partial charge in [-0.05, 0) is 13.8 Å². The quantitative estimate of drug-likeness (QED) is 0.514. The van der Waals surface area contributed by atoms with Crippen LogP contribution in [0.3, 0.4) is 0 Å². The van der Waals surface area contributed by atoms with E-state index in [-0.39, 0.29) is 28.3 Å². The Bertz CT molecular complexity index is 198. The summed E-state index contributed by atoms with van der Waals surface area (Å²) in [6.07, 6.45) is -0.944. The molecule has 0 aliphatic heterocycles. The minimum absolute atomic E-state index is 0. The van der Waals surface area contributed by atoms with Crippen molar-refractivity contribution in [2.45, 2.75) is 26.7 Å². The Balaban J connectivity index is -0.000000180. The van der Waals surface area contributed by atoms with Crippen LogP contribution in [0.4, 0.5) is 0 Å². The van der Waals surface area contributed by atoms with E-state index < -0.39 is 24.8 Å². The van der Waals surface area contributed by atoms with E-state index in [9.17, 15) is 29.4 Å². The van der Waals surface area contributed by atoms with E-state index in [0.29, 0.717) is 0 Å². The van der Waals surface area contributed by atoms with Crippen molar-refractivity contribution in [3.8, 4) is 0 Å². The van der Waals surface area contributed by atoms with E-state index in [1.807, 2.05) is 0 Å². The minimum Gasteiger partial charge on any atom is -0.550 e. The Morgan fingerprint density at radius 2 is 1.00 bits per heavy atom. The molecule has 0 spiro atoms. The molecule has 0 aromatic carbocycles. The standard InChI is InChI=1S/2C4H6O3.Co/c2*1-3(5)2-4(6)7;/h2*2H2,1H3,(H,6,7);/q;;+2/p-2. The van der Waals surface area contributed by atoms with Crippen molar-refractivity contribution in [3.63, 3.8) is 0 Å². The van der Waals surface area contributed by atoms with Crippen LogP contribution in [-0.4, -0.2) is 23.5 Å². The number of carbonyl (C=O) groups is 4. The fourth-order valence-electron chi connectivity index (χ4n) is 0.407. The first-order valence-electron chi connectivity index (χ1n) is 3.64. The van der Waals surface area contributed by atoms with Gasteiger partial charge in [0, 0.05) is 24.8 Å². The second-order valence-corrected chi connectivity index (χ2v) is 2.50. The number of rotatable bonds is 4. The van der Waals surface area contributed by atoms with Gasteiger partial charge in [0.2, 0.25) is 0 Å². The van der Waals surface area contributed by atoms with Gasteiger partial charge in [-0.25, -0.2) is 0 Å². The molecule has 7 heteroatoms. The van der Waals surface area contributed by atoms with Crippen molar-refractivity contribution in [2.24, 2.45) is 0 Å². The first kappa shape index (κ1) is 19.4. The van der Waals surface area contributed by atoms with E-state index in [0.717, 1.165) is 0 Å². The number of carboxylic acids is 2. The summed E-state index contributed by atoms with van der Waals surface area (Å²) in [4.78, 5) is 38.6. The van der Waals surface area contributed by atoms with Gasteiger partial charge in [-0.3, -0.25) is 9.59 Å². The maximum Gasteiger partial charge on any atom is 2.00 e. The summed E-state index contributed by atoms with van der Waals surface area (Å²) in [5.74, 6) is -3.37. The number of ketones is 2. The molecule has 0 aromatic heterocycles. The molecule has 6 nitrogen and oxygen atoms in total. The van der Waals surface area contributed by atoms with Gasteiger partial charge in [0.25, 0.3) is 0 Å². The van der Waals surface area contributed by atoms with Crippen LogP contribution in [0, 0.1) is 0 Å². The molecule has 0 aliphatic rings. The van der Waals surface area contributed by atoms with Gasteiger partial charge < -0.3 is 19.8 Å². The molecule has 0 saturated carbocycles. The molecule has 0 rings (SSSR count). The van der Waals surface area contributed by atoms with Crippen LogP contribution < -0.4 is 10.2 Å². The predicted octanol–water partition coefficient (Wildman–Crippen LogP) is -2.57. The number of carbonyl (C=O) groups excluding carboxylic acids is 4. The molecule has 1 radical (unpaired) electrons. The van der Waals surface area contributed by atoms with Crippen molar-refractivity contribution in [1.29, 1.82) is 0 Å². The summed E-state index contributed by atoms with van der Waals surface area (Å²) in [5, 5.41) is 19.0. The Morgan fingerprint density at radius 1 is 0.800 bits per heavy atom. The molecule has 0 fully saturated rings. The van der Waals surface area contributed by atoms with E-state index in [4.69, 9.17) is 0 Å². The van der Waals surface area contributed by atoms with Crippen molar-refractivity contribution in [2.75, 3.05) is 0 Å². The number of carboxylic acid groups (broad SMARTS) is 2. The Hall–Kier alpha value is -1.21. The Kier molecular flexibility index (Phi) is 14.0. The molecule has 0 saturated heterocycles. The van der Waals surface area contributed by atoms with E-state index in [1.54, 1.807) is 0 Å². The molecule has 0 amide bonds. The van der Waals surface area contributed by atoms with Gasteiger partial charge >= 0.3 is 16.8 Å². The summed E-state index contributed by atoms with van der Waals surface area (Å²) in [5.41, 5.74) is 0. The third-order valence-corrected chi connectivity index (χ3v) is 0.787. The van der Waals surface area contributed by atoms with Gasteiger partial charge in [0.1, 0.15) is 11.6 Å². The third kappa shape index (κ3) is 32.3. The fourth-order valence-corrected chi connectivity index (χ4v) is 0.407. The molecule has 0 aliphatic carbocycles. The van der Waals surface area contributed by atoms with Crippen molar-refractivity contribution in [1.82, 2.24) is 0 Å². The number of Topliss-reactive ketones (excluding diaryl/α,β-unsaturated/α-hetero) is 2. The monoisotopic (exact) mass is 261 g/mol. The van der Waals surface area contributed by atoms with E-state index in [1.165, 1.54) is 13.8 Å². The molecule has 0 atom stereocenters. The second kappa shape index (κ2) is 10.9. The van der Waals surface area contributed by atoms with Gasteiger partial charge in [0.05, 0.1) is 0 Å². The van der Waals surface area contributed by atoms with Crippen LogP contribution in [-0.2, 0) is 36.0 Å². The minimum atomic E-state index is -1.31. The molecule has 0 aromatic rings. The average molecular weight is 261 g/mol. The Labute approximate surface area is 96.9 Å². The van der Waals surface area contributed by atoms with Gasteiger partial charge in [-0.15, -0.1) is 0 Å². The maximum atomic E-state index is 9.83. The van der Waals surface area contributed by atoms with E-state index in [2.05, 4.69) is 0 Å². The summed E-state index contributed by atoms with van der Waals surface area (Å²) in [6.45, 7) is 2.41. The average Bonchev–Trinajstić information content (AvgIpc) is 1.79. The van der Waals surface area contributed by atoms with Crippen LogP contribution >= 0.6 is 0 Å². The number of hydrogen-bond donors (Lipinski definition) is 0. The molecule has 0 heterocycles. The normalized spacial score (nSPS) is 7.60. The van der Waals surface area contributed by atoms with E-state index >= 15 is 0 Å². The van der Waals surface area contributed by atoms with Crippen LogP contribution in [0.25, 0.3) is 0 Å². The second-order valence-electron chi connectivity index (χ2n) is 2.50. The topological polar surface area (TPSA) is 114 Å². The molecule has 0 N–H and O–H groups in total. The third-order valence-electron chi connectivity index (χ3n) is 0.787. The molecule has 15 heavy (non-hydrogen) atoms. The zero-order chi connectivity index (χ0) is 11.7. The van der Waals surface area contributed by atoms with Crippen LogP contribution in [0.5, 0.6) is 0 Å². The van der Waals surface area contributed by atoms with Gasteiger partial charge in [0.15, 0.2) is 0 Å². The van der Waals surface area contributed by atoms with Crippen molar-refractivity contribution >= 4 is 23.5 Å². The zero-order valence-corrected chi connectivity index (χ0v) is 9.24. The largest absolute Gasteiger partial charge is 2.00 e. The first-order valence-corrected chi connectivity index (χ1v) is 3.64. The van der Waals surface area contributed by atoms with Crippen LogP contribution in [0.1, 0.15) is 26.7 Å². The van der Waals surface area contributed by atoms with Gasteiger partial charge in [-0.2, -0.15) is 0 Å². The molecular formula is C8H10CoO6. The smallest absolute Gasteiger partial charge is 0.550 e. The van der Waals surface area contributed by atoms with Crippen molar-refractivity contribution in [3.05, 3.63) is 0 Å². The summed E-state index contributed by atoms with van der Waals surface area (Å²) in [7, 11) is 0. The zero-order valence-electron chi connectivity index (χ0n) is 8.20. The molecular weight excluding hydrogens is 251 g/mol. The summed E-state index contributed by atoms with van der Waals surface area (Å²) >= 11 is 0. The van der Waals surface area contributed by atoms with Crippen LogP contribution in [0.2, 0.25) is 0 Å². The van der Waals surface area contributed by atoms with Crippen LogP contribution in [0.15, 0.2) is 0 Å². The number of hydrogen-bond acceptors (Lipinski definition) is 6. The summed E-state index contributed by atoms with van der Waals surface area (Å²) < 4.78 is 0. The number of aliphatic carboxylic acids is 2. The van der Waals surface area contributed by atoms with Gasteiger partial charge in [-0.1, -0.05) is 0 Å². The summed E-state index contributed by atoms with van der Waals surface area (Å²) in [6, 6.07) is 0. The fraction of sp³-hybridized carbons (Fsp3) is 0.500.